The van der Waals surface area contributed by atoms with Crippen molar-refractivity contribution in [3.05, 3.63) is 52.0 Å². The SMILES string of the molecule is CN(C(=S)NC#N)c1cc(Cl)c(Sc2ccc(C(F)(F)F)cc2)c(Cl)c1. The molecule has 0 aliphatic rings. The molecule has 26 heavy (non-hydrogen) atoms. The molecule has 0 aliphatic carbocycles. The predicted octanol–water partition coefficient (Wildman–Crippen LogP) is 5.96. The molecule has 0 saturated carbocycles. The zero-order valence-corrected chi connectivity index (χ0v) is 16.2. The molecular weight excluding hydrogens is 426 g/mol. The summed E-state index contributed by atoms with van der Waals surface area (Å²) in [6.07, 6.45) is -2.66. The van der Waals surface area contributed by atoms with Crippen molar-refractivity contribution in [3.8, 4) is 6.19 Å². The minimum atomic E-state index is -4.39. The lowest BCUT2D eigenvalue weighted by molar-refractivity contribution is -0.137. The molecule has 2 aromatic rings. The average Bonchev–Trinajstić information content (AvgIpc) is 2.57. The van der Waals surface area contributed by atoms with Gasteiger partial charge in [0.2, 0.25) is 0 Å². The van der Waals surface area contributed by atoms with E-state index < -0.39 is 11.7 Å². The summed E-state index contributed by atoms with van der Waals surface area (Å²) in [7, 11) is 1.64. The number of hydrogen-bond acceptors (Lipinski definition) is 3. The normalized spacial score (nSPS) is 11.0. The summed E-state index contributed by atoms with van der Waals surface area (Å²) in [5, 5.41) is 11.7. The summed E-state index contributed by atoms with van der Waals surface area (Å²) in [4.78, 5) is 2.58. The summed E-state index contributed by atoms with van der Waals surface area (Å²) in [5.74, 6) is 0. The van der Waals surface area contributed by atoms with Gasteiger partial charge in [0.25, 0.3) is 0 Å². The fourth-order valence-corrected chi connectivity index (χ4v) is 3.60. The van der Waals surface area contributed by atoms with Crippen molar-refractivity contribution in [3.63, 3.8) is 0 Å². The first-order chi connectivity index (χ1) is 12.1. The number of hydrogen-bond donors (Lipinski definition) is 1. The molecule has 0 atom stereocenters. The summed E-state index contributed by atoms with van der Waals surface area (Å²) in [6, 6.07) is 7.91. The van der Waals surface area contributed by atoms with Crippen LogP contribution in [-0.2, 0) is 6.18 Å². The maximum absolute atomic E-state index is 12.6. The van der Waals surface area contributed by atoms with E-state index in [9.17, 15) is 13.2 Å². The van der Waals surface area contributed by atoms with E-state index in [1.54, 1.807) is 25.4 Å². The third-order valence-electron chi connectivity index (χ3n) is 3.24. The fourth-order valence-electron chi connectivity index (χ4n) is 1.92. The monoisotopic (exact) mass is 435 g/mol. The second-order valence-corrected chi connectivity index (χ2v) is 7.25. The number of anilines is 1. The van der Waals surface area contributed by atoms with Crippen LogP contribution in [0.1, 0.15) is 5.56 Å². The second-order valence-electron chi connectivity index (χ2n) is 4.96. The molecule has 0 saturated heterocycles. The van der Waals surface area contributed by atoms with Gasteiger partial charge in [0.15, 0.2) is 11.3 Å². The topological polar surface area (TPSA) is 39.1 Å². The van der Waals surface area contributed by atoms with Crippen LogP contribution in [-0.4, -0.2) is 12.2 Å². The Bertz CT molecular complexity index is 842. The minimum absolute atomic E-state index is 0.169. The summed E-state index contributed by atoms with van der Waals surface area (Å²) in [6.45, 7) is 0. The Morgan fingerprint density at radius 2 is 1.73 bits per heavy atom. The number of rotatable bonds is 3. The van der Waals surface area contributed by atoms with Crippen LogP contribution in [0.3, 0.4) is 0 Å². The molecule has 0 amide bonds. The number of alkyl halides is 3. The molecule has 0 heterocycles. The molecular formula is C16H10Cl2F3N3S2. The number of nitriles is 1. The van der Waals surface area contributed by atoms with Crippen LogP contribution in [0.15, 0.2) is 46.2 Å². The number of thiocarbonyl (C=S) groups is 1. The van der Waals surface area contributed by atoms with Gasteiger partial charge in [-0.1, -0.05) is 35.0 Å². The van der Waals surface area contributed by atoms with Gasteiger partial charge in [0, 0.05) is 22.5 Å². The van der Waals surface area contributed by atoms with Gasteiger partial charge in [0.1, 0.15) is 0 Å². The predicted molar refractivity (Wildman–Crippen MR) is 102 cm³/mol. The van der Waals surface area contributed by atoms with Gasteiger partial charge in [-0.3, -0.25) is 5.32 Å². The van der Waals surface area contributed by atoms with E-state index in [1.807, 2.05) is 0 Å². The number of nitrogens with one attached hydrogen (secondary N) is 1. The molecule has 10 heteroatoms. The Kier molecular flexibility index (Phi) is 6.64. The highest BCUT2D eigenvalue weighted by molar-refractivity contribution is 7.99. The highest BCUT2D eigenvalue weighted by Gasteiger charge is 2.30. The molecule has 2 rings (SSSR count). The minimum Gasteiger partial charge on any atom is -0.321 e. The van der Waals surface area contributed by atoms with Gasteiger partial charge in [-0.15, -0.1) is 0 Å². The van der Waals surface area contributed by atoms with Gasteiger partial charge in [-0.05, 0) is 48.6 Å². The zero-order valence-electron chi connectivity index (χ0n) is 13.1. The number of benzene rings is 2. The smallest absolute Gasteiger partial charge is 0.321 e. The maximum Gasteiger partial charge on any atom is 0.416 e. The van der Waals surface area contributed by atoms with E-state index in [0.717, 1.165) is 23.9 Å². The summed E-state index contributed by atoms with van der Waals surface area (Å²) in [5.41, 5.74) is -0.168. The molecule has 0 fully saturated rings. The Morgan fingerprint density at radius 3 is 2.19 bits per heavy atom. The van der Waals surface area contributed by atoms with Crippen LogP contribution in [0, 0.1) is 11.5 Å². The largest absolute Gasteiger partial charge is 0.416 e. The Balaban J connectivity index is 2.26. The van der Waals surface area contributed by atoms with Gasteiger partial charge < -0.3 is 4.90 Å². The van der Waals surface area contributed by atoms with E-state index >= 15 is 0 Å². The van der Waals surface area contributed by atoms with Gasteiger partial charge in [-0.2, -0.15) is 18.4 Å². The first-order valence-electron chi connectivity index (χ1n) is 6.90. The first kappa shape index (κ1) is 20.6. The fraction of sp³-hybridized carbons (Fsp3) is 0.125. The summed E-state index contributed by atoms with van der Waals surface area (Å²) >= 11 is 18.7. The molecule has 0 spiro atoms. The molecule has 3 nitrogen and oxygen atoms in total. The van der Waals surface area contributed by atoms with Crippen molar-refractivity contribution < 1.29 is 13.2 Å². The van der Waals surface area contributed by atoms with E-state index in [-0.39, 0.29) is 5.11 Å². The van der Waals surface area contributed by atoms with Crippen molar-refractivity contribution in [2.24, 2.45) is 0 Å². The molecule has 136 valence electrons. The molecule has 0 bridgehead atoms. The van der Waals surface area contributed by atoms with Crippen LogP contribution < -0.4 is 10.2 Å². The quantitative estimate of drug-likeness (QED) is 0.366. The van der Waals surface area contributed by atoms with Crippen molar-refractivity contribution in [2.45, 2.75) is 16.0 Å². The molecule has 0 aliphatic heterocycles. The van der Waals surface area contributed by atoms with E-state index in [2.05, 4.69) is 5.32 Å². The molecule has 0 aromatic heterocycles. The number of nitrogens with zero attached hydrogens (tertiary/aromatic N) is 2. The van der Waals surface area contributed by atoms with Crippen LogP contribution in [0.25, 0.3) is 0 Å². The van der Waals surface area contributed by atoms with Crippen molar-refractivity contribution in [1.82, 2.24) is 5.32 Å². The summed E-state index contributed by atoms with van der Waals surface area (Å²) < 4.78 is 37.9. The number of halogens is 5. The lowest BCUT2D eigenvalue weighted by Crippen LogP contribution is -2.34. The standard InChI is InChI=1S/C16H10Cl2F3N3S2/c1-24(15(25)23-8-22)10-6-12(17)14(13(18)7-10)26-11-4-2-9(3-5-11)16(19,20)21/h2-7H,1H3,(H,23,25). The van der Waals surface area contributed by atoms with Gasteiger partial charge >= 0.3 is 6.18 Å². The maximum atomic E-state index is 12.6. The van der Waals surface area contributed by atoms with Crippen LogP contribution in [0.5, 0.6) is 0 Å². The van der Waals surface area contributed by atoms with Crippen LogP contribution >= 0.6 is 47.2 Å². The Hall–Kier alpha value is -1.66. The van der Waals surface area contributed by atoms with Crippen LogP contribution in [0.4, 0.5) is 18.9 Å². The Morgan fingerprint density at radius 1 is 1.19 bits per heavy atom. The van der Waals surface area contributed by atoms with E-state index in [1.165, 1.54) is 17.0 Å². The molecule has 0 radical (unpaired) electrons. The van der Waals surface area contributed by atoms with Crippen LogP contribution in [0.2, 0.25) is 10.0 Å². The van der Waals surface area contributed by atoms with Crippen molar-refractivity contribution in [1.29, 1.82) is 5.26 Å². The van der Waals surface area contributed by atoms with Gasteiger partial charge in [0.05, 0.1) is 15.6 Å². The molecule has 0 unspecified atom stereocenters. The van der Waals surface area contributed by atoms with E-state index in [0.29, 0.717) is 25.5 Å². The molecule has 1 N–H and O–H groups in total. The van der Waals surface area contributed by atoms with Crippen molar-refractivity contribution >= 4 is 58.0 Å². The average molecular weight is 436 g/mol. The lowest BCUT2D eigenvalue weighted by atomic mass is 10.2. The first-order valence-corrected chi connectivity index (χ1v) is 8.88. The highest BCUT2D eigenvalue weighted by Crippen LogP contribution is 2.41. The highest BCUT2D eigenvalue weighted by atomic mass is 35.5. The van der Waals surface area contributed by atoms with Crippen molar-refractivity contribution in [2.75, 3.05) is 11.9 Å². The Labute approximate surface area is 167 Å². The lowest BCUT2D eigenvalue weighted by Gasteiger charge is -2.20. The molecule has 2 aromatic carbocycles. The van der Waals surface area contributed by atoms with Gasteiger partial charge in [-0.25, -0.2) is 0 Å². The zero-order chi connectivity index (χ0) is 19.5. The third-order valence-corrected chi connectivity index (χ3v) is 5.59. The third kappa shape index (κ3) is 4.95. The second kappa shape index (κ2) is 8.35. The van der Waals surface area contributed by atoms with E-state index in [4.69, 9.17) is 40.7 Å².